The zero-order valence-electron chi connectivity index (χ0n) is 12.4. The van der Waals surface area contributed by atoms with Crippen LogP contribution in [0, 0.1) is 0 Å². The standard InChI is InChI=1S/C16H22N4/c1-4-14-13(10-20(3)19-14)16(17-2)12-8-7-11-6-5-9-18-15(11)12/h5-6,9-10,12,16-17H,4,7-8H2,1-3H3. The second kappa shape index (κ2) is 5.37. The van der Waals surface area contributed by atoms with E-state index in [1.807, 2.05) is 31.0 Å². The van der Waals surface area contributed by atoms with Crippen molar-refractivity contribution in [2.45, 2.75) is 38.1 Å². The second-order valence-corrected chi connectivity index (χ2v) is 5.52. The van der Waals surface area contributed by atoms with Crippen LogP contribution in [0.15, 0.2) is 24.5 Å². The molecule has 2 aromatic heterocycles. The SMILES string of the molecule is CCc1nn(C)cc1C(NC)C1CCc2cccnc21. The second-order valence-electron chi connectivity index (χ2n) is 5.52. The summed E-state index contributed by atoms with van der Waals surface area (Å²) in [6.45, 7) is 2.17. The van der Waals surface area contributed by atoms with E-state index in [1.165, 1.54) is 22.5 Å². The van der Waals surface area contributed by atoms with Crippen LogP contribution in [0.4, 0.5) is 0 Å². The number of hydrogen-bond acceptors (Lipinski definition) is 3. The summed E-state index contributed by atoms with van der Waals surface area (Å²) in [6.07, 6.45) is 7.33. The Kier molecular flexibility index (Phi) is 3.57. The Morgan fingerprint density at radius 2 is 2.35 bits per heavy atom. The summed E-state index contributed by atoms with van der Waals surface area (Å²) < 4.78 is 1.92. The van der Waals surface area contributed by atoms with Crippen LogP contribution in [-0.2, 0) is 19.9 Å². The van der Waals surface area contributed by atoms with Gasteiger partial charge in [-0.25, -0.2) is 0 Å². The molecule has 0 saturated carbocycles. The minimum absolute atomic E-state index is 0.301. The van der Waals surface area contributed by atoms with Gasteiger partial charge in [-0.3, -0.25) is 9.67 Å². The van der Waals surface area contributed by atoms with Crippen LogP contribution in [0.5, 0.6) is 0 Å². The van der Waals surface area contributed by atoms with Gasteiger partial charge in [-0.15, -0.1) is 0 Å². The Morgan fingerprint density at radius 1 is 1.50 bits per heavy atom. The molecule has 0 spiro atoms. The minimum atomic E-state index is 0.301. The van der Waals surface area contributed by atoms with Crippen LogP contribution in [0.1, 0.15) is 47.8 Å². The van der Waals surface area contributed by atoms with Crippen LogP contribution in [0.25, 0.3) is 0 Å². The normalized spacial score (nSPS) is 19.1. The lowest BCUT2D eigenvalue weighted by molar-refractivity contribution is 0.467. The number of aryl methyl sites for hydroxylation is 3. The van der Waals surface area contributed by atoms with Crippen molar-refractivity contribution in [2.24, 2.45) is 7.05 Å². The molecule has 0 fully saturated rings. The molecule has 0 aliphatic heterocycles. The smallest absolute Gasteiger partial charge is 0.0669 e. The van der Waals surface area contributed by atoms with Crippen molar-refractivity contribution >= 4 is 0 Å². The lowest BCUT2D eigenvalue weighted by atomic mass is 9.90. The van der Waals surface area contributed by atoms with Gasteiger partial charge in [-0.05, 0) is 37.9 Å². The van der Waals surface area contributed by atoms with E-state index in [4.69, 9.17) is 0 Å². The molecule has 2 unspecified atom stereocenters. The Labute approximate surface area is 120 Å². The largest absolute Gasteiger partial charge is 0.312 e. The highest BCUT2D eigenvalue weighted by Crippen LogP contribution is 2.40. The third kappa shape index (κ3) is 2.14. The summed E-state index contributed by atoms with van der Waals surface area (Å²) in [7, 11) is 4.04. The highest BCUT2D eigenvalue weighted by atomic mass is 15.3. The van der Waals surface area contributed by atoms with Gasteiger partial charge in [0.1, 0.15) is 0 Å². The van der Waals surface area contributed by atoms with Crippen LogP contribution in [-0.4, -0.2) is 21.8 Å². The van der Waals surface area contributed by atoms with Gasteiger partial charge in [-0.1, -0.05) is 13.0 Å². The first-order valence-electron chi connectivity index (χ1n) is 7.38. The third-order valence-corrected chi connectivity index (χ3v) is 4.32. The van der Waals surface area contributed by atoms with Crippen molar-refractivity contribution in [1.29, 1.82) is 0 Å². The fourth-order valence-corrected chi connectivity index (χ4v) is 3.43. The Morgan fingerprint density at radius 3 is 3.10 bits per heavy atom. The van der Waals surface area contributed by atoms with Gasteiger partial charge in [0.2, 0.25) is 0 Å². The molecule has 4 heteroatoms. The average Bonchev–Trinajstić information content (AvgIpc) is 3.04. The van der Waals surface area contributed by atoms with E-state index < -0.39 is 0 Å². The van der Waals surface area contributed by atoms with Crippen molar-refractivity contribution in [1.82, 2.24) is 20.1 Å². The van der Waals surface area contributed by atoms with Crippen molar-refractivity contribution < 1.29 is 0 Å². The van der Waals surface area contributed by atoms with Gasteiger partial charge in [-0.2, -0.15) is 5.10 Å². The van der Waals surface area contributed by atoms with E-state index in [2.05, 4.69) is 34.6 Å². The molecule has 2 heterocycles. The molecule has 1 aliphatic rings. The van der Waals surface area contributed by atoms with Gasteiger partial charge < -0.3 is 5.32 Å². The van der Waals surface area contributed by atoms with Gasteiger partial charge in [0, 0.05) is 42.7 Å². The first kappa shape index (κ1) is 13.3. The summed E-state index contributed by atoms with van der Waals surface area (Å²) in [5.74, 6) is 0.450. The fourth-order valence-electron chi connectivity index (χ4n) is 3.43. The summed E-state index contributed by atoms with van der Waals surface area (Å²) in [4.78, 5) is 4.63. The predicted octanol–water partition coefficient (Wildman–Crippen LogP) is 2.37. The first-order valence-corrected chi connectivity index (χ1v) is 7.38. The molecule has 106 valence electrons. The van der Waals surface area contributed by atoms with Crippen LogP contribution in [0.2, 0.25) is 0 Å². The van der Waals surface area contributed by atoms with E-state index in [1.54, 1.807) is 0 Å². The average molecular weight is 270 g/mol. The highest BCUT2D eigenvalue weighted by Gasteiger charge is 2.32. The molecule has 1 aliphatic carbocycles. The number of aromatic nitrogens is 3. The number of hydrogen-bond donors (Lipinski definition) is 1. The van der Waals surface area contributed by atoms with Crippen molar-refractivity contribution in [3.63, 3.8) is 0 Å². The summed E-state index contributed by atoms with van der Waals surface area (Å²) in [6, 6.07) is 4.55. The number of rotatable bonds is 4. The van der Waals surface area contributed by atoms with Gasteiger partial charge in [0.05, 0.1) is 5.69 Å². The van der Waals surface area contributed by atoms with E-state index >= 15 is 0 Å². The monoisotopic (exact) mass is 270 g/mol. The topological polar surface area (TPSA) is 42.7 Å². The highest BCUT2D eigenvalue weighted by molar-refractivity contribution is 5.34. The van der Waals surface area contributed by atoms with Crippen molar-refractivity contribution in [3.8, 4) is 0 Å². The molecule has 0 aromatic carbocycles. The molecule has 20 heavy (non-hydrogen) atoms. The quantitative estimate of drug-likeness (QED) is 0.927. The number of likely N-dealkylation sites (N-methyl/N-ethyl adjacent to an activating group) is 1. The number of nitrogens with zero attached hydrogens (tertiary/aromatic N) is 3. The molecule has 2 aromatic rings. The molecule has 2 atom stereocenters. The van der Waals surface area contributed by atoms with Gasteiger partial charge >= 0.3 is 0 Å². The Balaban J connectivity index is 1.99. The fraction of sp³-hybridized carbons (Fsp3) is 0.500. The maximum absolute atomic E-state index is 4.63. The molecular weight excluding hydrogens is 248 g/mol. The lowest BCUT2D eigenvalue weighted by Crippen LogP contribution is -2.24. The van der Waals surface area contributed by atoms with Gasteiger partial charge in [0.15, 0.2) is 0 Å². The summed E-state index contributed by atoms with van der Waals surface area (Å²) in [5, 5.41) is 8.08. The molecule has 0 amide bonds. The lowest BCUT2D eigenvalue weighted by Gasteiger charge is -2.23. The van der Waals surface area contributed by atoms with Crippen LogP contribution >= 0.6 is 0 Å². The Bertz CT molecular complexity index is 602. The van der Waals surface area contributed by atoms with Crippen molar-refractivity contribution in [3.05, 3.63) is 47.0 Å². The zero-order chi connectivity index (χ0) is 14.1. The first-order chi connectivity index (χ1) is 9.74. The predicted molar refractivity (Wildman–Crippen MR) is 79.7 cm³/mol. The molecular formula is C16H22N4. The summed E-state index contributed by atoms with van der Waals surface area (Å²) >= 11 is 0. The number of nitrogens with one attached hydrogen (secondary N) is 1. The maximum Gasteiger partial charge on any atom is 0.0669 e. The zero-order valence-corrected chi connectivity index (χ0v) is 12.4. The Hall–Kier alpha value is -1.68. The van der Waals surface area contributed by atoms with Crippen molar-refractivity contribution in [2.75, 3.05) is 7.05 Å². The summed E-state index contributed by atoms with van der Waals surface area (Å²) in [5.41, 5.74) is 5.18. The van der Waals surface area contributed by atoms with E-state index in [-0.39, 0.29) is 0 Å². The van der Waals surface area contributed by atoms with E-state index in [9.17, 15) is 0 Å². The number of fused-ring (bicyclic) bond motifs is 1. The molecule has 0 bridgehead atoms. The van der Waals surface area contributed by atoms with Crippen LogP contribution in [0.3, 0.4) is 0 Å². The maximum atomic E-state index is 4.63. The molecule has 3 rings (SSSR count). The molecule has 4 nitrogen and oxygen atoms in total. The van der Waals surface area contributed by atoms with Gasteiger partial charge in [0.25, 0.3) is 0 Å². The van der Waals surface area contributed by atoms with E-state index in [0.717, 1.165) is 19.3 Å². The molecule has 1 N–H and O–H groups in total. The molecule has 0 radical (unpaired) electrons. The minimum Gasteiger partial charge on any atom is -0.312 e. The third-order valence-electron chi connectivity index (χ3n) is 4.32. The number of pyridine rings is 1. The van der Waals surface area contributed by atoms with Crippen LogP contribution < -0.4 is 5.32 Å². The molecule has 0 saturated heterocycles. The van der Waals surface area contributed by atoms with E-state index in [0.29, 0.717) is 12.0 Å².